The molecule has 0 radical (unpaired) electrons. The second-order valence-corrected chi connectivity index (χ2v) is 4.58. The van der Waals surface area contributed by atoms with E-state index < -0.39 is 5.91 Å². The van der Waals surface area contributed by atoms with Crippen LogP contribution in [0.3, 0.4) is 0 Å². The van der Waals surface area contributed by atoms with E-state index in [-0.39, 0.29) is 0 Å². The number of hydrogen-bond donors (Lipinski definition) is 3. The number of hydrogen-bond acceptors (Lipinski definition) is 4. The van der Waals surface area contributed by atoms with Gasteiger partial charge in [-0.2, -0.15) is 0 Å². The number of ether oxygens (including phenoxy) is 1. The minimum absolute atomic E-state index is 0.334. The molecule has 5 N–H and O–H groups in total. The van der Waals surface area contributed by atoms with Crippen LogP contribution in [0.1, 0.15) is 10.4 Å². The van der Waals surface area contributed by atoms with E-state index in [0.717, 1.165) is 0 Å². The highest BCUT2D eigenvalue weighted by molar-refractivity contribution is 6.31. The highest BCUT2D eigenvalue weighted by Crippen LogP contribution is 2.32. The number of methoxy groups -OCH3 is 1. The minimum atomic E-state index is -0.548. The molecule has 0 unspecified atom stereocenters. The first-order chi connectivity index (χ1) is 9.51. The van der Waals surface area contributed by atoms with Crippen molar-refractivity contribution in [2.75, 3.05) is 18.2 Å². The molecular formula is C14H14ClN3O2. The lowest BCUT2D eigenvalue weighted by Gasteiger charge is -2.14. The molecule has 0 aliphatic rings. The highest BCUT2D eigenvalue weighted by atomic mass is 35.5. The summed E-state index contributed by atoms with van der Waals surface area (Å²) < 4.78 is 5.23. The Kier molecular flexibility index (Phi) is 4.00. The first-order valence-corrected chi connectivity index (χ1v) is 6.19. The van der Waals surface area contributed by atoms with Gasteiger partial charge in [-0.1, -0.05) is 11.6 Å². The zero-order valence-electron chi connectivity index (χ0n) is 10.8. The van der Waals surface area contributed by atoms with Gasteiger partial charge in [-0.15, -0.1) is 0 Å². The summed E-state index contributed by atoms with van der Waals surface area (Å²) in [6.45, 7) is 0. The summed E-state index contributed by atoms with van der Waals surface area (Å²) in [6, 6.07) is 9.92. The molecule has 0 saturated carbocycles. The van der Waals surface area contributed by atoms with Crippen LogP contribution in [-0.2, 0) is 0 Å². The lowest BCUT2D eigenvalue weighted by molar-refractivity contribution is 0.100. The van der Waals surface area contributed by atoms with Crippen molar-refractivity contribution in [2.45, 2.75) is 0 Å². The third-order valence-corrected chi connectivity index (χ3v) is 2.98. The molecule has 2 aromatic rings. The quantitative estimate of drug-likeness (QED) is 0.756. The van der Waals surface area contributed by atoms with Crippen LogP contribution in [0.4, 0.5) is 17.1 Å². The number of rotatable bonds is 4. The average molecular weight is 292 g/mol. The molecule has 0 aliphatic carbocycles. The second kappa shape index (κ2) is 5.71. The Hall–Kier alpha value is -2.40. The number of nitrogens with two attached hydrogens (primary N) is 2. The van der Waals surface area contributed by atoms with Crippen molar-refractivity contribution in [3.63, 3.8) is 0 Å². The van der Waals surface area contributed by atoms with Crippen LogP contribution in [0.2, 0.25) is 5.02 Å². The Morgan fingerprint density at radius 2 is 1.95 bits per heavy atom. The Balaban J connectivity index is 2.46. The van der Waals surface area contributed by atoms with Crippen molar-refractivity contribution in [3.05, 3.63) is 47.0 Å². The topological polar surface area (TPSA) is 90.4 Å². The normalized spacial score (nSPS) is 10.1. The van der Waals surface area contributed by atoms with E-state index >= 15 is 0 Å². The van der Waals surface area contributed by atoms with E-state index in [1.807, 2.05) is 0 Å². The predicted molar refractivity (Wildman–Crippen MR) is 80.7 cm³/mol. The van der Waals surface area contributed by atoms with Gasteiger partial charge in [-0.3, -0.25) is 4.79 Å². The third kappa shape index (κ3) is 2.95. The monoisotopic (exact) mass is 291 g/mol. The Labute approximate surface area is 121 Å². The molecule has 0 spiro atoms. The van der Waals surface area contributed by atoms with Crippen LogP contribution in [0.25, 0.3) is 0 Å². The predicted octanol–water partition coefficient (Wildman–Crippen LogP) is 2.77. The molecule has 20 heavy (non-hydrogen) atoms. The van der Waals surface area contributed by atoms with E-state index in [0.29, 0.717) is 33.4 Å². The number of halogens is 1. The minimum Gasteiger partial charge on any atom is -0.495 e. The SMILES string of the molecule is COc1ccc(Cl)cc1Nc1cc(N)ccc1C(N)=O. The number of carbonyl (C=O) groups excluding carboxylic acids is 1. The van der Waals surface area contributed by atoms with Gasteiger partial charge in [-0.05, 0) is 36.4 Å². The molecule has 1 amide bonds. The van der Waals surface area contributed by atoms with Crippen LogP contribution in [0.5, 0.6) is 5.75 Å². The van der Waals surface area contributed by atoms with Gasteiger partial charge in [0.05, 0.1) is 24.0 Å². The smallest absolute Gasteiger partial charge is 0.250 e. The molecule has 5 nitrogen and oxygen atoms in total. The maximum Gasteiger partial charge on any atom is 0.250 e. The van der Waals surface area contributed by atoms with Gasteiger partial charge in [0.15, 0.2) is 0 Å². The van der Waals surface area contributed by atoms with Gasteiger partial charge < -0.3 is 21.5 Å². The van der Waals surface area contributed by atoms with Crippen LogP contribution in [0.15, 0.2) is 36.4 Å². The van der Waals surface area contributed by atoms with Crippen LogP contribution in [-0.4, -0.2) is 13.0 Å². The van der Waals surface area contributed by atoms with Crippen LogP contribution < -0.4 is 21.5 Å². The molecule has 0 bridgehead atoms. The first kappa shape index (κ1) is 14.0. The van der Waals surface area contributed by atoms with Crippen molar-refractivity contribution < 1.29 is 9.53 Å². The lowest BCUT2D eigenvalue weighted by Crippen LogP contribution is -2.13. The maximum absolute atomic E-state index is 11.4. The van der Waals surface area contributed by atoms with E-state index in [2.05, 4.69) is 5.32 Å². The van der Waals surface area contributed by atoms with E-state index in [1.165, 1.54) is 0 Å². The fourth-order valence-corrected chi connectivity index (χ4v) is 1.98. The molecule has 0 heterocycles. The van der Waals surface area contributed by atoms with E-state index in [4.69, 9.17) is 27.8 Å². The van der Waals surface area contributed by atoms with Crippen molar-refractivity contribution in [1.29, 1.82) is 0 Å². The Morgan fingerprint density at radius 1 is 1.20 bits per heavy atom. The number of anilines is 3. The molecule has 2 rings (SSSR count). The molecule has 6 heteroatoms. The van der Waals surface area contributed by atoms with Gasteiger partial charge in [0, 0.05) is 10.7 Å². The summed E-state index contributed by atoms with van der Waals surface area (Å²) in [5, 5.41) is 3.60. The van der Waals surface area contributed by atoms with Gasteiger partial charge >= 0.3 is 0 Å². The van der Waals surface area contributed by atoms with Crippen molar-refractivity contribution >= 4 is 34.6 Å². The molecule has 0 fully saturated rings. The summed E-state index contributed by atoms with van der Waals surface area (Å²) in [5.41, 5.74) is 13.0. The molecule has 0 aromatic heterocycles. The van der Waals surface area contributed by atoms with Crippen LogP contribution >= 0.6 is 11.6 Å². The van der Waals surface area contributed by atoms with Crippen LogP contribution in [0, 0.1) is 0 Å². The standard InChI is InChI=1S/C14H14ClN3O2/c1-20-13-5-2-8(15)6-12(13)18-11-7-9(16)3-4-10(11)14(17)19/h2-7,18H,16H2,1H3,(H2,17,19). The Morgan fingerprint density at radius 3 is 2.60 bits per heavy atom. The van der Waals surface area contributed by atoms with E-state index in [9.17, 15) is 4.79 Å². The molecule has 0 saturated heterocycles. The number of benzene rings is 2. The number of nitrogen functional groups attached to an aromatic ring is 1. The van der Waals surface area contributed by atoms with Crippen molar-refractivity contribution in [1.82, 2.24) is 0 Å². The highest BCUT2D eigenvalue weighted by Gasteiger charge is 2.11. The number of nitrogens with one attached hydrogen (secondary N) is 1. The van der Waals surface area contributed by atoms with Crippen molar-refractivity contribution in [3.8, 4) is 5.75 Å². The zero-order chi connectivity index (χ0) is 14.7. The van der Waals surface area contributed by atoms with Gasteiger partial charge in [0.2, 0.25) is 0 Å². The molecule has 2 aromatic carbocycles. The third-order valence-electron chi connectivity index (χ3n) is 2.74. The fraction of sp³-hybridized carbons (Fsp3) is 0.0714. The molecule has 0 atom stereocenters. The largest absolute Gasteiger partial charge is 0.495 e. The van der Waals surface area contributed by atoms with Gasteiger partial charge in [0.1, 0.15) is 5.75 Å². The lowest BCUT2D eigenvalue weighted by atomic mass is 10.1. The average Bonchev–Trinajstić information content (AvgIpc) is 2.38. The van der Waals surface area contributed by atoms with Crippen molar-refractivity contribution in [2.24, 2.45) is 5.73 Å². The molecule has 104 valence electrons. The summed E-state index contributed by atoms with van der Waals surface area (Å²) >= 11 is 5.96. The summed E-state index contributed by atoms with van der Waals surface area (Å²) in [7, 11) is 1.54. The zero-order valence-corrected chi connectivity index (χ0v) is 11.6. The number of primary amides is 1. The molecule has 0 aliphatic heterocycles. The summed E-state index contributed by atoms with van der Waals surface area (Å²) in [6.07, 6.45) is 0. The van der Waals surface area contributed by atoms with Gasteiger partial charge in [-0.25, -0.2) is 0 Å². The van der Waals surface area contributed by atoms with Gasteiger partial charge in [0.25, 0.3) is 5.91 Å². The first-order valence-electron chi connectivity index (χ1n) is 5.81. The van der Waals surface area contributed by atoms with E-state index in [1.54, 1.807) is 43.5 Å². The second-order valence-electron chi connectivity index (χ2n) is 4.14. The summed E-state index contributed by atoms with van der Waals surface area (Å²) in [4.78, 5) is 11.4. The summed E-state index contributed by atoms with van der Waals surface area (Å²) in [5.74, 6) is 0.0424. The number of amides is 1. The molecular weight excluding hydrogens is 278 g/mol. The number of carbonyl (C=O) groups is 1. The Bertz CT molecular complexity index is 659. The maximum atomic E-state index is 11.4. The fourth-order valence-electron chi connectivity index (χ4n) is 1.80.